The molecule has 4 rings (SSSR count). The summed E-state index contributed by atoms with van der Waals surface area (Å²) in [5, 5.41) is 8.67. The lowest BCUT2D eigenvalue weighted by Crippen LogP contribution is -2.11. The second-order valence-electron chi connectivity index (χ2n) is 4.45. The van der Waals surface area contributed by atoms with Crippen LogP contribution in [0.1, 0.15) is 24.6 Å². The van der Waals surface area contributed by atoms with Gasteiger partial charge in [0.1, 0.15) is 5.82 Å². The Labute approximate surface area is 122 Å². The van der Waals surface area contributed by atoms with Crippen LogP contribution in [-0.2, 0) is 0 Å². The van der Waals surface area contributed by atoms with Crippen molar-refractivity contribution in [2.75, 3.05) is 5.84 Å². The van der Waals surface area contributed by atoms with Gasteiger partial charge in [0.25, 0.3) is 0 Å². The molecular formula is C11H10N6OS2. The molecular weight excluding hydrogens is 296 g/mol. The van der Waals surface area contributed by atoms with Crippen molar-refractivity contribution in [2.45, 2.75) is 28.3 Å². The highest BCUT2D eigenvalue weighted by Crippen LogP contribution is 2.40. The third-order valence-corrected chi connectivity index (χ3v) is 4.68. The molecule has 20 heavy (non-hydrogen) atoms. The average molecular weight is 306 g/mol. The molecule has 7 nitrogen and oxygen atoms in total. The Morgan fingerprint density at radius 1 is 1.40 bits per heavy atom. The maximum Gasteiger partial charge on any atom is 0.218 e. The summed E-state index contributed by atoms with van der Waals surface area (Å²) in [6, 6.07) is 3.57. The van der Waals surface area contributed by atoms with E-state index < -0.39 is 0 Å². The summed E-state index contributed by atoms with van der Waals surface area (Å²) < 4.78 is 11.9. The second-order valence-corrected chi connectivity index (χ2v) is 6.41. The minimum absolute atomic E-state index is 0.490. The zero-order valence-electron chi connectivity index (χ0n) is 10.3. The molecule has 0 saturated heterocycles. The average Bonchev–Trinajstić information content (AvgIpc) is 2.88. The van der Waals surface area contributed by atoms with Crippen LogP contribution in [-0.4, -0.2) is 24.2 Å². The maximum atomic E-state index is 5.99. The van der Waals surface area contributed by atoms with Crippen molar-refractivity contribution >= 4 is 23.3 Å². The van der Waals surface area contributed by atoms with Gasteiger partial charge in [-0.25, -0.2) is 9.66 Å². The van der Waals surface area contributed by atoms with Gasteiger partial charge in [0.15, 0.2) is 10.1 Å². The Morgan fingerprint density at radius 2 is 2.30 bits per heavy atom. The molecule has 9 heteroatoms. The van der Waals surface area contributed by atoms with Gasteiger partial charge in [-0.1, -0.05) is 0 Å². The van der Waals surface area contributed by atoms with Gasteiger partial charge in [-0.05, 0) is 48.3 Å². The predicted octanol–water partition coefficient (Wildman–Crippen LogP) is 2.13. The largest absolute Gasteiger partial charge is 0.461 e. The van der Waals surface area contributed by atoms with Crippen molar-refractivity contribution in [3.05, 3.63) is 24.2 Å². The molecule has 1 saturated carbocycles. The summed E-state index contributed by atoms with van der Waals surface area (Å²) in [6.07, 6.45) is 3.95. The number of aromatic nitrogens is 5. The summed E-state index contributed by atoms with van der Waals surface area (Å²) in [4.78, 5) is 4.49. The Bertz CT molecular complexity index is 730. The normalized spacial score (nSPS) is 14.8. The Hall–Kier alpha value is -1.87. The van der Waals surface area contributed by atoms with E-state index in [1.165, 1.54) is 40.8 Å². The molecule has 1 aliphatic carbocycles. The SMILES string of the molecule is Nn1c(Sc2nc(C3CC3)ns2)nnc1-c1ccco1. The van der Waals surface area contributed by atoms with E-state index in [9.17, 15) is 0 Å². The second kappa shape index (κ2) is 4.60. The van der Waals surface area contributed by atoms with Crippen molar-refractivity contribution in [1.82, 2.24) is 24.2 Å². The lowest BCUT2D eigenvalue weighted by atomic mass is 10.4. The summed E-state index contributed by atoms with van der Waals surface area (Å²) in [7, 11) is 0. The molecule has 0 spiro atoms. The van der Waals surface area contributed by atoms with E-state index in [4.69, 9.17) is 10.3 Å². The summed E-state index contributed by atoms with van der Waals surface area (Å²) in [5.41, 5.74) is 0. The third kappa shape index (κ3) is 2.08. The highest BCUT2D eigenvalue weighted by molar-refractivity contribution is 8.00. The number of furan rings is 1. The molecule has 3 heterocycles. The highest BCUT2D eigenvalue weighted by Gasteiger charge is 2.28. The fourth-order valence-electron chi connectivity index (χ4n) is 1.77. The fourth-order valence-corrected chi connectivity index (χ4v) is 3.31. The van der Waals surface area contributed by atoms with Crippen LogP contribution in [0.3, 0.4) is 0 Å². The van der Waals surface area contributed by atoms with Gasteiger partial charge in [-0.15, -0.1) is 10.2 Å². The number of rotatable bonds is 4. The predicted molar refractivity (Wildman–Crippen MR) is 73.9 cm³/mol. The van der Waals surface area contributed by atoms with Gasteiger partial charge >= 0.3 is 0 Å². The van der Waals surface area contributed by atoms with Crippen molar-refractivity contribution in [2.24, 2.45) is 0 Å². The van der Waals surface area contributed by atoms with Crippen LogP contribution in [0.4, 0.5) is 0 Å². The van der Waals surface area contributed by atoms with E-state index in [0.717, 1.165) is 10.2 Å². The lowest BCUT2D eigenvalue weighted by molar-refractivity contribution is 0.574. The zero-order chi connectivity index (χ0) is 13.5. The fraction of sp³-hybridized carbons (Fsp3) is 0.273. The van der Waals surface area contributed by atoms with Crippen molar-refractivity contribution < 1.29 is 4.42 Å². The van der Waals surface area contributed by atoms with E-state index in [-0.39, 0.29) is 0 Å². The first-order chi connectivity index (χ1) is 9.81. The quantitative estimate of drug-likeness (QED) is 0.737. The molecule has 0 amide bonds. The molecule has 0 atom stereocenters. The van der Waals surface area contributed by atoms with E-state index in [1.807, 2.05) is 0 Å². The molecule has 3 aromatic rings. The number of hydrogen-bond acceptors (Lipinski definition) is 8. The van der Waals surface area contributed by atoms with Crippen LogP contribution in [0, 0.1) is 0 Å². The lowest BCUT2D eigenvalue weighted by Gasteiger charge is -1.99. The van der Waals surface area contributed by atoms with Gasteiger partial charge in [0, 0.05) is 5.92 Å². The molecule has 3 aromatic heterocycles. The van der Waals surface area contributed by atoms with E-state index in [0.29, 0.717) is 22.7 Å². The molecule has 0 aliphatic heterocycles. The molecule has 1 fully saturated rings. The molecule has 0 unspecified atom stereocenters. The molecule has 0 aromatic carbocycles. The van der Waals surface area contributed by atoms with Crippen LogP contribution in [0.2, 0.25) is 0 Å². The van der Waals surface area contributed by atoms with Crippen LogP contribution in [0.15, 0.2) is 32.3 Å². The van der Waals surface area contributed by atoms with Crippen molar-refractivity contribution in [3.63, 3.8) is 0 Å². The Balaban J connectivity index is 1.59. The van der Waals surface area contributed by atoms with Crippen LogP contribution >= 0.6 is 23.3 Å². The first-order valence-electron chi connectivity index (χ1n) is 6.07. The van der Waals surface area contributed by atoms with Gasteiger partial charge in [0.2, 0.25) is 11.0 Å². The number of nitrogens with two attached hydrogens (primary N) is 1. The molecule has 102 valence electrons. The van der Waals surface area contributed by atoms with Crippen LogP contribution < -0.4 is 5.84 Å². The van der Waals surface area contributed by atoms with Crippen LogP contribution in [0.5, 0.6) is 0 Å². The van der Waals surface area contributed by atoms with Crippen molar-refractivity contribution in [1.29, 1.82) is 0 Å². The molecule has 0 bridgehead atoms. The van der Waals surface area contributed by atoms with E-state index in [2.05, 4.69) is 19.6 Å². The first kappa shape index (κ1) is 11.9. The molecule has 0 radical (unpaired) electrons. The topological polar surface area (TPSA) is 95.7 Å². The minimum atomic E-state index is 0.490. The van der Waals surface area contributed by atoms with Gasteiger partial charge in [-0.3, -0.25) is 0 Å². The van der Waals surface area contributed by atoms with Crippen molar-refractivity contribution in [3.8, 4) is 11.6 Å². The summed E-state index contributed by atoms with van der Waals surface area (Å²) in [6.45, 7) is 0. The van der Waals surface area contributed by atoms with Gasteiger partial charge in [0.05, 0.1) is 6.26 Å². The number of nitrogen functional groups attached to an aromatic ring is 1. The maximum absolute atomic E-state index is 5.99. The van der Waals surface area contributed by atoms with E-state index >= 15 is 0 Å². The Kier molecular flexibility index (Phi) is 2.74. The minimum Gasteiger partial charge on any atom is -0.461 e. The monoisotopic (exact) mass is 306 g/mol. The number of hydrogen-bond donors (Lipinski definition) is 1. The van der Waals surface area contributed by atoms with Crippen LogP contribution in [0.25, 0.3) is 11.6 Å². The zero-order valence-corrected chi connectivity index (χ0v) is 11.9. The van der Waals surface area contributed by atoms with Gasteiger partial charge in [-0.2, -0.15) is 4.37 Å². The highest BCUT2D eigenvalue weighted by atomic mass is 32.2. The smallest absolute Gasteiger partial charge is 0.218 e. The number of nitrogens with zero attached hydrogens (tertiary/aromatic N) is 5. The van der Waals surface area contributed by atoms with Gasteiger partial charge < -0.3 is 10.3 Å². The molecule has 1 aliphatic rings. The third-order valence-electron chi connectivity index (χ3n) is 2.95. The first-order valence-corrected chi connectivity index (χ1v) is 7.66. The summed E-state index contributed by atoms with van der Waals surface area (Å²) >= 11 is 2.74. The standard InChI is InChI=1S/C11H10N6OS2/c12-17-9(7-2-1-5-18-7)14-15-10(17)19-11-13-8(16-20-11)6-3-4-6/h1-2,5-6H,3-4,12H2. The summed E-state index contributed by atoms with van der Waals surface area (Å²) in [5.74, 6) is 8.55. The Morgan fingerprint density at radius 3 is 3.05 bits per heavy atom. The molecule has 2 N–H and O–H groups in total. The van der Waals surface area contributed by atoms with E-state index in [1.54, 1.807) is 18.4 Å².